The lowest BCUT2D eigenvalue weighted by Gasteiger charge is -2.08. The van der Waals surface area contributed by atoms with E-state index in [4.69, 9.17) is 5.11 Å². The summed E-state index contributed by atoms with van der Waals surface area (Å²) in [6, 6.07) is 9.05. The Hall–Kier alpha value is -2.23. The molecule has 0 aliphatic heterocycles. The molecule has 0 saturated carbocycles. The van der Waals surface area contributed by atoms with Crippen LogP contribution in [0, 0.1) is 13.8 Å². The molecule has 1 aromatic heterocycles. The van der Waals surface area contributed by atoms with E-state index in [2.05, 4.69) is 36.7 Å². The van der Waals surface area contributed by atoms with E-state index >= 15 is 0 Å². The third-order valence-electron chi connectivity index (χ3n) is 3.59. The molecule has 0 unspecified atom stereocenters. The number of benzene rings is 1. The number of nitrogens with zero attached hydrogens (tertiary/aromatic N) is 1. The van der Waals surface area contributed by atoms with Gasteiger partial charge in [-0.2, -0.15) is 0 Å². The van der Waals surface area contributed by atoms with E-state index in [1.807, 2.05) is 6.07 Å². The molecule has 106 valence electrons. The van der Waals surface area contributed by atoms with E-state index in [9.17, 15) is 4.79 Å². The van der Waals surface area contributed by atoms with Crippen LogP contribution in [0.25, 0.3) is 0 Å². The first-order valence-corrected chi connectivity index (χ1v) is 6.75. The van der Waals surface area contributed by atoms with Crippen LogP contribution in [-0.2, 0) is 13.1 Å². The summed E-state index contributed by atoms with van der Waals surface area (Å²) in [5, 5.41) is 12.3. The van der Waals surface area contributed by atoms with Crippen LogP contribution in [0.15, 0.2) is 30.3 Å². The van der Waals surface area contributed by atoms with E-state index in [0.29, 0.717) is 12.1 Å². The van der Waals surface area contributed by atoms with Crippen molar-refractivity contribution in [3.8, 4) is 0 Å². The molecular formula is C16H20N2O2. The minimum absolute atomic E-state index is 0.300. The van der Waals surface area contributed by atoms with E-state index in [1.165, 1.54) is 17.0 Å². The highest BCUT2D eigenvalue weighted by Crippen LogP contribution is 2.17. The first-order valence-electron chi connectivity index (χ1n) is 6.75. The fourth-order valence-electron chi connectivity index (χ4n) is 2.50. The van der Waals surface area contributed by atoms with Crippen LogP contribution < -0.4 is 5.32 Å². The molecule has 4 heteroatoms. The van der Waals surface area contributed by atoms with Crippen LogP contribution in [0.2, 0.25) is 0 Å². The summed E-state index contributed by atoms with van der Waals surface area (Å²) in [7, 11) is 0. The van der Waals surface area contributed by atoms with E-state index < -0.39 is 5.97 Å². The van der Waals surface area contributed by atoms with Gasteiger partial charge in [-0.3, -0.25) is 0 Å². The monoisotopic (exact) mass is 272 g/mol. The zero-order valence-electron chi connectivity index (χ0n) is 12.1. The molecule has 0 fully saturated rings. The highest BCUT2D eigenvalue weighted by Gasteiger charge is 2.08. The Kier molecular flexibility index (Phi) is 4.13. The van der Waals surface area contributed by atoms with E-state index in [-0.39, 0.29) is 0 Å². The largest absolute Gasteiger partial charge is 0.478 e. The number of aryl methyl sites for hydroxylation is 1. The van der Waals surface area contributed by atoms with Crippen molar-refractivity contribution in [2.45, 2.75) is 33.9 Å². The quantitative estimate of drug-likeness (QED) is 0.876. The second kappa shape index (κ2) is 5.82. The molecule has 0 bridgehead atoms. The van der Waals surface area contributed by atoms with Gasteiger partial charge in [-0.05, 0) is 50.6 Å². The summed E-state index contributed by atoms with van der Waals surface area (Å²) >= 11 is 0. The first-order chi connectivity index (χ1) is 9.52. The van der Waals surface area contributed by atoms with Gasteiger partial charge in [-0.15, -0.1) is 0 Å². The number of nitrogens with one attached hydrogen (secondary N) is 1. The second-order valence-electron chi connectivity index (χ2n) is 4.88. The number of rotatable bonds is 5. The Labute approximate surface area is 119 Å². The summed E-state index contributed by atoms with van der Waals surface area (Å²) in [5.74, 6) is -0.905. The molecule has 0 amide bonds. The van der Waals surface area contributed by atoms with Crippen LogP contribution in [0.1, 0.15) is 34.2 Å². The van der Waals surface area contributed by atoms with Gasteiger partial charge >= 0.3 is 5.97 Å². The maximum absolute atomic E-state index is 10.9. The van der Waals surface area contributed by atoms with E-state index in [0.717, 1.165) is 12.2 Å². The minimum atomic E-state index is -0.905. The van der Waals surface area contributed by atoms with Gasteiger partial charge in [0.2, 0.25) is 0 Å². The van der Waals surface area contributed by atoms with Crippen molar-refractivity contribution < 1.29 is 9.90 Å². The number of carboxylic acid groups (broad SMARTS) is 1. The summed E-state index contributed by atoms with van der Waals surface area (Å²) in [6.07, 6.45) is 0. The lowest BCUT2D eigenvalue weighted by Crippen LogP contribution is -2.04. The van der Waals surface area contributed by atoms with Gasteiger partial charge in [0.25, 0.3) is 0 Å². The molecule has 2 aromatic rings. The summed E-state index contributed by atoms with van der Waals surface area (Å²) < 4.78 is 2.27. The fraction of sp³-hybridized carbons (Fsp3) is 0.312. The predicted octanol–water partition coefficient (Wildman–Crippen LogP) is 3.44. The molecule has 0 aliphatic rings. The van der Waals surface area contributed by atoms with Gasteiger partial charge in [0.15, 0.2) is 0 Å². The molecule has 0 aliphatic carbocycles. The molecule has 0 spiro atoms. The Balaban J connectivity index is 2.13. The topological polar surface area (TPSA) is 54.3 Å². The zero-order chi connectivity index (χ0) is 14.7. The maximum atomic E-state index is 10.9. The van der Waals surface area contributed by atoms with Crippen molar-refractivity contribution >= 4 is 11.7 Å². The molecule has 0 radical (unpaired) electrons. The number of hydrogen-bond donors (Lipinski definition) is 2. The lowest BCUT2D eigenvalue weighted by atomic mass is 10.2. The Morgan fingerprint density at radius 3 is 2.65 bits per heavy atom. The molecular weight excluding hydrogens is 252 g/mol. The van der Waals surface area contributed by atoms with Gasteiger partial charge < -0.3 is 15.0 Å². The average molecular weight is 272 g/mol. The Morgan fingerprint density at radius 2 is 2.05 bits per heavy atom. The first kappa shape index (κ1) is 14.2. The number of carbonyl (C=O) groups is 1. The summed E-state index contributed by atoms with van der Waals surface area (Å²) in [6.45, 7) is 8.01. The second-order valence-corrected chi connectivity index (χ2v) is 4.88. The smallest absolute Gasteiger partial charge is 0.335 e. The Morgan fingerprint density at radius 1 is 1.30 bits per heavy atom. The van der Waals surface area contributed by atoms with Crippen molar-refractivity contribution in [3.63, 3.8) is 0 Å². The number of anilines is 1. The maximum Gasteiger partial charge on any atom is 0.335 e. The summed E-state index contributed by atoms with van der Waals surface area (Å²) in [5.41, 5.74) is 4.87. The molecule has 0 atom stereocenters. The fourth-order valence-corrected chi connectivity index (χ4v) is 2.50. The van der Waals surface area contributed by atoms with Gasteiger partial charge in [-0.1, -0.05) is 6.07 Å². The van der Waals surface area contributed by atoms with Crippen molar-refractivity contribution in [2.75, 3.05) is 5.32 Å². The van der Waals surface area contributed by atoms with Crippen molar-refractivity contribution in [2.24, 2.45) is 0 Å². The van der Waals surface area contributed by atoms with Crippen LogP contribution >= 0.6 is 0 Å². The van der Waals surface area contributed by atoms with Crippen molar-refractivity contribution in [1.82, 2.24) is 4.57 Å². The number of aromatic carboxylic acids is 1. The van der Waals surface area contributed by atoms with Gasteiger partial charge in [-0.25, -0.2) is 4.79 Å². The van der Waals surface area contributed by atoms with E-state index in [1.54, 1.807) is 18.2 Å². The lowest BCUT2D eigenvalue weighted by molar-refractivity contribution is 0.0697. The predicted molar refractivity (Wildman–Crippen MR) is 80.3 cm³/mol. The van der Waals surface area contributed by atoms with Crippen molar-refractivity contribution in [3.05, 3.63) is 52.8 Å². The average Bonchev–Trinajstić information content (AvgIpc) is 2.71. The normalized spacial score (nSPS) is 10.6. The number of aromatic nitrogens is 1. The minimum Gasteiger partial charge on any atom is -0.478 e. The van der Waals surface area contributed by atoms with Gasteiger partial charge in [0.05, 0.1) is 5.56 Å². The standard InChI is InChI=1S/C16H20N2O2/c1-4-18-11(2)8-14(12(18)3)10-17-15-7-5-6-13(9-15)16(19)20/h5-9,17H,4,10H2,1-3H3,(H,19,20). The third kappa shape index (κ3) is 2.85. The molecule has 4 nitrogen and oxygen atoms in total. The molecule has 1 heterocycles. The molecule has 2 N–H and O–H groups in total. The third-order valence-corrected chi connectivity index (χ3v) is 3.59. The van der Waals surface area contributed by atoms with Crippen molar-refractivity contribution in [1.29, 1.82) is 0 Å². The molecule has 0 saturated heterocycles. The molecule has 2 rings (SSSR count). The summed E-state index contributed by atoms with van der Waals surface area (Å²) in [4.78, 5) is 10.9. The van der Waals surface area contributed by atoms with Gasteiger partial charge in [0.1, 0.15) is 0 Å². The van der Waals surface area contributed by atoms with Gasteiger partial charge in [0, 0.05) is 30.2 Å². The molecule has 20 heavy (non-hydrogen) atoms. The highest BCUT2D eigenvalue weighted by atomic mass is 16.4. The number of hydrogen-bond acceptors (Lipinski definition) is 2. The number of carboxylic acids is 1. The SMILES string of the molecule is CCn1c(C)cc(CNc2cccc(C(=O)O)c2)c1C. The zero-order valence-corrected chi connectivity index (χ0v) is 12.1. The highest BCUT2D eigenvalue weighted by molar-refractivity contribution is 5.88. The molecule has 1 aromatic carbocycles. The van der Waals surface area contributed by atoms with Crippen LogP contribution in [0.3, 0.4) is 0 Å². The Bertz CT molecular complexity index is 629. The van der Waals surface area contributed by atoms with Crippen LogP contribution in [0.5, 0.6) is 0 Å². The van der Waals surface area contributed by atoms with Crippen LogP contribution in [-0.4, -0.2) is 15.6 Å². The van der Waals surface area contributed by atoms with Crippen LogP contribution in [0.4, 0.5) is 5.69 Å².